The summed E-state index contributed by atoms with van der Waals surface area (Å²) in [6, 6.07) is 0. The van der Waals surface area contributed by atoms with E-state index in [2.05, 4.69) is 10.2 Å². The Hall–Kier alpha value is 0.230. The van der Waals surface area contributed by atoms with Gasteiger partial charge in [0.05, 0.1) is 5.60 Å². The van der Waals surface area contributed by atoms with E-state index in [0.717, 1.165) is 32.5 Å². The van der Waals surface area contributed by atoms with Crippen molar-refractivity contribution in [3.05, 3.63) is 0 Å². The molecule has 0 atom stereocenters. The SMILES string of the molecule is CCC(O)(CC)CNCCN1CCSCC1. The predicted octanol–water partition coefficient (Wildman–Crippen LogP) is 1.18. The molecular formula is C12H26N2OS. The van der Waals surface area contributed by atoms with Crippen molar-refractivity contribution in [2.45, 2.75) is 32.3 Å². The standard InChI is InChI=1S/C12H26N2OS/c1-3-12(15,4-2)11-13-5-6-14-7-9-16-10-8-14/h13,15H,3-11H2,1-2H3. The lowest BCUT2D eigenvalue weighted by Crippen LogP contribution is -2.43. The minimum atomic E-state index is -0.502. The molecule has 0 radical (unpaired) electrons. The van der Waals surface area contributed by atoms with Crippen molar-refractivity contribution in [3.8, 4) is 0 Å². The van der Waals surface area contributed by atoms with Gasteiger partial charge in [0.25, 0.3) is 0 Å². The maximum Gasteiger partial charge on any atom is 0.0766 e. The normalized spacial score (nSPS) is 18.9. The van der Waals surface area contributed by atoms with Crippen molar-refractivity contribution in [2.75, 3.05) is 44.2 Å². The summed E-state index contributed by atoms with van der Waals surface area (Å²) in [5, 5.41) is 13.5. The molecule has 1 aliphatic heterocycles. The van der Waals surface area contributed by atoms with Gasteiger partial charge in [-0.15, -0.1) is 0 Å². The number of hydrogen-bond acceptors (Lipinski definition) is 4. The fraction of sp³-hybridized carbons (Fsp3) is 1.00. The molecule has 0 aliphatic carbocycles. The molecule has 0 aromatic carbocycles. The van der Waals surface area contributed by atoms with Crippen molar-refractivity contribution in [2.24, 2.45) is 0 Å². The van der Waals surface area contributed by atoms with Crippen LogP contribution < -0.4 is 5.32 Å². The zero-order valence-electron chi connectivity index (χ0n) is 10.7. The highest BCUT2D eigenvalue weighted by molar-refractivity contribution is 7.99. The first-order valence-electron chi connectivity index (χ1n) is 6.43. The molecular weight excluding hydrogens is 220 g/mol. The van der Waals surface area contributed by atoms with Gasteiger partial charge in [0.2, 0.25) is 0 Å². The van der Waals surface area contributed by atoms with E-state index in [1.807, 2.05) is 25.6 Å². The lowest BCUT2D eigenvalue weighted by molar-refractivity contribution is 0.0322. The molecule has 96 valence electrons. The third-order valence-electron chi connectivity index (χ3n) is 3.48. The van der Waals surface area contributed by atoms with Crippen molar-refractivity contribution in [1.82, 2.24) is 10.2 Å². The van der Waals surface area contributed by atoms with E-state index in [1.165, 1.54) is 24.6 Å². The molecule has 1 aliphatic rings. The summed E-state index contributed by atoms with van der Waals surface area (Å²) in [6.07, 6.45) is 1.66. The zero-order valence-corrected chi connectivity index (χ0v) is 11.5. The number of hydrogen-bond donors (Lipinski definition) is 2. The maximum atomic E-state index is 10.1. The second-order valence-electron chi connectivity index (χ2n) is 4.56. The largest absolute Gasteiger partial charge is 0.389 e. The fourth-order valence-electron chi connectivity index (χ4n) is 1.88. The molecule has 3 nitrogen and oxygen atoms in total. The van der Waals surface area contributed by atoms with Crippen LogP contribution in [-0.4, -0.2) is 59.8 Å². The molecule has 1 rings (SSSR count). The Labute approximate surface area is 104 Å². The van der Waals surface area contributed by atoms with Crippen LogP contribution in [0, 0.1) is 0 Å². The van der Waals surface area contributed by atoms with E-state index in [0.29, 0.717) is 0 Å². The van der Waals surface area contributed by atoms with Gasteiger partial charge in [-0.25, -0.2) is 0 Å². The summed E-state index contributed by atoms with van der Waals surface area (Å²) in [5.41, 5.74) is -0.502. The van der Waals surface area contributed by atoms with Gasteiger partial charge in [-0.05, 0) is 12.8 Å². The summed E-state index contributed by atoms with van der Waals surface area (Å²) < 4.78 is 0. The first-order valence-corrected chi connectivity index (χ1v) is 7.59. The van der Waals surface area contributed by atoms with Crippen LogP contribution in [0.15, 0.2) is 0 Å². The molecule has 1 saturated heterocycles. The van der Waals surface area contributed by atoms with Crippen molar-refractivity contribution >= 4 is 11.8 Å². The van der Waals surface area contributed by atoms with Crippen LogP contribution in [-0.2, 0) is 0 Å². The van der Waals surface area contributed by atoms with Gasteiger partial charge >= 0.3 is 0 Å². The van der Waals surface area contributed by atoms with Crippen LogP contribution in [0.2, 0.25) is 0 Å². The van der Waals surface area contributed by atoms with Crippen molar-refractivity contribution in [1.29, 1.82) is 0 Å². The molecule has 4 heteroatoms. The quantitative estimate of drug-likeness (QED) is 0.661. The zero-order chi connectivity index (χ0) is 11.9. The minimum absolute atomic E-state index is 0.502. The molecule has 0 saturated carbocycles. The second kappa shape index (κ2) is 7.54. The third-order valence-corrected chi connectivity index (χ3v) is 4.42. The summed E-state index contributed by atoms with van der Waals surface area (Å²) in [6.45, 7) is 9.37. The van der Waals surface area contributed by atoms with Crippen LogP contribution >= 0.6 is 11.8 Å². The van der Waals surface area contributed by atoms with Crippen molar-refractivity contribution in [3.63, 3.8) is 0 Å². The Morgan fingerprint density at radius 2 is 1.88 bits per heavy atom. The first kappa shape index (κ1) is 14.3. The third kappa shape index (κ3) is 5.04. The molecule has 0 bridgehead atoms. The number of rotatable bonds is 7. The highest BCUT2D eigenvalue weighted by Gasteiger charge is 2.21. The molecule has 0 aromatic rings. The van der Waals surface area contributed by atoms with Gasteiger partial charge in [0, 0.05) is 44.2 Å². The molecule has 0 aromatic heterocycles. The first-order chi connectivity index (χ1) is 7.70. The fourth-order valence-corrected chi connectivity index (χ4v) is 2.86. The number of aliphatic hydroxyl groups is 1. The monoisotopic (exact) mass is 246 g/mol. The summed E-state index contributed by atoms with van der Waals surface area (Å²) in [5.74, 6) is 2.54. The van der Waals surface area contributed by atoms with Crippen LogP contribution in [0.4, 0.5) is 0 Å². The molecule has 0 unspecified atom stereocenters. The average molecular weight is 246 g/mol. The average Bonchev–Trinajstić information content (AvgIpc) is 2.36. The topological polar surface area (TPSA) is 35.5 Å². The molecule has 0 amide bonds. The summed E-state index contributed by atoms with van der Waals surface area (Å²) in [7, 11) is 0. The van der Waals surface area contributed by atoms with Gasteiger partial charge in [0.15, 0.2) is 0 Å². The van der Waals surface area contributed by atoms with Crippen molar-refractivity contribution < 1.29 is 5.11 Å². The molecule has 1 fully saturated rings. The lowest BCUT2D eigenvalue weighted by atomic mass is 9.98. The molecule has 1 heterocycles. The maximum absolute atomic E-state index is 10.1. The van der Waals surface area contributed by atoms with Crippen LogP contribution in [0.25, 0.3) is 0 Å². The van der Waals surface area contributed by atoms with E-state index in [-0.39, 0.29) is 0 Å². The van der Waals surface area contributed by atoms with Gasteiger partial charge < -0.3 is 15.3 Å². The Balaban J connectivity index is 2.06. The van der Waals surface area contributed by atoms with E-state index >= 15 is 0 Å². The predicted molar refractivity (Wildman–Crippen MR) is 72.2 cm³/mol. The number of nitrogens with zero attached hydrogens (tertiary/aromatic N) is 1. The Bertz CT molecular complexity index is 180. The van der Waals surface area contributed by atoms with Gasteiger partial charge in [0.1, 0.15) is 0 Å². The second-order valence-corrected chi connectivity index (χ2v) is 5.79. The van der Waals surface area contributed by atoms with Gasteiger partial charge in [-0.2, -0.15) is 11.8 Å². The highest BCUT2D eigenvalue weighted by atomic mass is 32.2. The summed E-state index contributed by atoms with van der Waals surface area (Å²) >= 11 is 2.05. The van der Waals surface area contributed by atoms with E-state index < -0.39 is 5.60 Å². The Kier molecular flexibility index (Phi) is 6.73. The minimum Gasteiger partial charge on any atom is -0.389 e. The van der Waals surface area contributed by atoms with Gasteiger partial charge in [-0.1, -0.05) is 13.8 Å². The Morgan fingerprint density at radius 3 is 2.44 bits per heavy atom. The van der Waals surface area contributed by atoms with Crippen LogP contribution in [0.3, 0.4) is 0 Å². The summed E-state index contributed by atoms with van der Waals surface area (Å²) in [4.78, 5) is 2.50. The van der Waals surface area contributed by atoms with E-state index in [1.54, 1.807) is 0 Å². The van der Waals surface area contributed by atoms with E-state index in [9.17, 15) is 5.11 Å². The van der Waals surface area contributed by atoms with Gasteiger partial charge in [-0.3, -0.25) is 0 Å². The molecule has 0 spiro atoms. The Morgan fingerprint density at radius 1 is 1.25 bits per heavy atom. The van der Waals surface area contributed by atoms with Crippen LogP contribution in [0.5, 0.6) is 0 Å². The lowest BCUT2D eigenvalue weighted by Gasteiger charge is -2.28. The number of nitrogens with one attached hydrogen (secondary N) is 1. The van der Waals surface area contributed by atoms with Crippen LogP contribution in [0.1, 0.15) is 26.7 Å². The smallest absolute Gasteiger partial charge is 0.0766 e. The van der Waals surface area contributed by atoms with E-state index in [4.69, 9.17) is 0 Å². The molecule has 2 N–H and O–H groups in total. The number of thioether (sulfide) groups is 1. The molecule has 16 heavy (non-hydrogen) atoms. The highest BCUT2D eigenvalue weighted by Crippen LogP contribution is 2.12.